The van der Waals surface area contributed by atoms with Crippen LogP contribution in [-0.4, -0.2) is 36.0 Å². The number of rotatable bonds is 8. The third-order valence-electron chi connectivity index (χ3n) is 4.18. The van der Waals surface area contributed by atoms with Gasteiger partial charge >= 0.3 is 0 Å². The molecule has 0 fully saturated rings. The van der Waals surface area contributed by atoms with Gasteiger partial charge in [-0.3, -0.25) is 14.5 Å². The molecule has 0 saturated carbocycles. The number of imide groups is 1. The van der Waals surface area contributed by atoms with Crippen molar-refractivity contribution in [2.45, 2.75) is 25.6 Å². The molecule has 0 aliphatic carbocycles. The van der Waals surface area contributed by atoms with Gasteiger partial charge in [-0.25, -0.2) is 4.39 Å². The van der Waals surface area contributed by atoms with E-state index in [1.165, 1.54) is 0 Å². The Labute approximate surface area is 146 Å². The topological polar surface area (TPSA) is 46.6 Å². The summed E-state index contributed by atoms with van der Waals surface area (Å²) in [5, 5.41) is 0. The molecule has 1 unspecified atom stereocenters. The summed E-state index contributed by atoms with van der Waals surface area (Å²) in [5.41, 5.74) is 1.78. The number of nitrogens with zero attached hydrogens (tertiary/aromatic N) is 1. The Morgan fingerprint density at radius 3 is 2.16 bits per heavy atom. The monoisotopic (exact) mass is 341 g/mol. The van der Waals surface area contributed by atoms with E-state index < -0.39 is 18.0 Å². The van der Waals surface area contributed by atoms with Crippen LogP contribution in [0.25, 0.3) is 0 Å². The van der Waals surface area contributed by atoms with E-state index in [1.54, 1.807) is 24.3 Å². The minimum atomic E-state index is -1.25. The van der Waals surface area contributed by atoms with Crippen LogP contribution >= 0.6 is 0 Å². The number of fused-ring (bicyclic) bond motifs is 1. The van der Waals surface area contributed by atoms with E-state index >= 15 is 0 Å². The van der Waals surface area contributed by atoms with Crippen LogP contribution in [0.15, 0.2) is 54.6 Å². The zero-order valence-corrected chi connectivity index (χ0v) is 13.9. The average Bonchev–Trinajstić information content (AvgIpc) is 2.88. The Balaban J connectivity index is 1.41. The molecule has 1 heterocycles. The third kappa shape index (κ3) is 4.12. The summed E-state index contributed by atoms with van der Waals surface area (Å²) in [4.78, 5) is 25.4. The standard InChI is InChI=1S/C20H20FNO3/c21-16(9-6-12-25-14-15-7-2-1-3-8-15)13-22-19(23)17-10-4-5-11-18(17)20(22)24/h1-5,7-8,10-11,16H,6,9,12-14H2. The second kappa shape index (κ2) is 8.03. The van der Waals surface area contributed by atoms with E-state index in [2.05, 4.69) is 0 Å². The van der Waals surface area contributed by atoms with Gasteiger partial charge in [0.05, 0.1) is 24.3 Å². The number of halogens is 1. The molecule has 0 bridgehead atoms. The largest absolute Gasteiger partial charge is 0.377 e. The van der Waals surface area contributed by atoms with E-state index in [0.717, 1.165) is 10.5 Å². The van der Waals surface area contributed by atoms with Crippen molar-refractivity contribution in [1.82, 2.24) is 4.90 Å². The first-order valence-electron chi connectivity index (χ1n) is 8.38. The smallest absolute Gasteiger partial charge is 0.261 e. The van der Waals surface area contributed by atoms with Crippen LogP contribution < -0.4 is 0 Å². The maximum absolute atomic E-state index is 14.2. The number of ether oxygens (including phenoxy) is 1. The van der Waals surface area contributed by atoms with Gasteiger partial charge in [0.15, 0.2) is 0 Å². The van der Waals surface area contributed by atoms with Crippen LogP contribution in [0.2, 0.25) is 0 Å². The fourth-order valence-electron chi connectivity index (χ4n) is 2.87. The first kappa shape index (κ1) is 17.3. The van der Waals surface area contributed by atoms with Crippen molar-refractivity contribution in [1.29, 1.82) is 0 Å². The quantitative estimate of drug-likeness (QED) is 0.544. The number of hydrogen-bond donors (Lipinski definition) is 0. The molecule has 2 amide bonds. The maximum Gasteiger partial charge on any atom is 0.261 e. The van der Waals surface area contributed by atoms with Gasteiger partial charge in [0.2, 0.25) is 0 Å². The lowest BCUT2D eigenvalue weighted by molar-refractivity contribution is 0.0597. The second-order valence-corrected chi connectivity index (χ2v) is 6.04. The van der Waals surface area contributed by atoms with Crippen molar-refractivity contribution in [2.24, 2.45) is 0 Å². The van der Waals surface area contributed by atoms with Gasteiger partial charge in [0, 0.05) is 6.61 Å². The molecule has 1 atom stereocenters. The predicted octanol–water partition coefficient (Wildman–Crippen LogP) is 3.62. The number of benzene rings is 2. The van der Waals surface area contributed by atoms with Crippen LogP contribution in [0.5, 0.6) is 0 Å². The Morgan fingerprint density at radius 2 is 1.52 bits per heavy atom. The van der Waals surface area contributed by atoms with Crippen molar-refractivity contribution in [3.05, 3.63) is 71.3 Å². The van der Waals surface area contributed by atoms with Gasteiger partial charge in [0.1, 0.15) is 6.17 Å². The Hall–Kier alpha value is -2.53. The number of carbonyl (C=O) groups excluding carboxylic acids is 2. The molecule has 4 nitrogen and oxygen atoms in total. The summed E-state index contributed by atoms with van der Waals surface area (Å²) in [6.45, 7) is 0.735. The Morgan fingerprint density at radius 1 is 0.920 bits per heavy atom. The fraction of sp³-hybridized carbons (Fsp3) is 0.300. The first-order valence-corrected chi connectivity index (χ1v) is 8.38. The predicted molar refractivity (Wildman–Crippen MR) is 92.0 cm³/mol. The SMILES string of the molecule is O=C1c2ccccc2C(=O)N1CC(F)CCCOCc1ccccc1. The van der Waals surface area contributed by atoms with E-state index in [0.29, 0.717) is 30.8 Å². The van der Waals surface area contributed by atoms with Crippen LogP contribution in [0.3, 0.4) is 0 Å². The maximum atomic E-state index is 14.2. The highest BCUT2D eigenvalue weighted by Crippen LogP contribution is 2.23. The Kier molecular flexibility index (Phi) is 5.56. The van der Waals surface area contributed by atoms with Gasteiger partial charge < -0.3 is 4.74 Å². The summed E-state index contributed by atoms with van der Waals surface area (Å²) < 4.78 is 19.7. The molecular formula is C20H20FNO3. The van der Waals surface area contributed by atoms with Crippen LogP contribution in [-0.2, 0) is 11.3 Å². The molecule has 0 N–H and O–H groups in total. The lowest BCUT2D eigenvalue weighted by atomic mass is 10.1. The summed E-state index contributed by atoms with van der Waals surface area (Å²) in [6.07, 6.45) is -0.457. The molecule has 25 heavy (non-hydrogen) atoms. The van der Waals surface area contributed by atoms with E-state index in [9.17, 15) is 14.0 Å². The molecule has 5 heteroatoms. The van der Waals surface area contributed by atoms with Gasteiger partial charge in [-0.15, -0.1) is 0 Å². The number of hydrogen-bond acceptors (Lipinski definition) is 3. The van der Waals surface area contributed by atoms with Gasteiger partial charge in [0.25, 0.3) is 11.8 Å². The number of alkyl halides is 1. The first-order chi connectivity index (χ1) is 12.2. The molecule has 0 spiro atoms. The average molecular weight is 341 g/mol. The molecule has 1 aliphatic heterocycles. The van der Waals surface area contributed by atoms with Crippen LogP contribution in [0.1, 0.15) is 39.1 Å². The van der Waals surface area contributed by atoms with E-state index in [-0.39, 0.29) is 13.0 Å². The number of carbonyl (C=O) groups is 2. The molecule has 0 radical (unpaired) electrons. The molecular weight excluding hydrogens is 321 g/mol. The van der Waals surface area contributed by atoms with E-state index in [4.69, 9.17) is 4.74 Å². The highest BCUT2D eigenvalue weighted by Gasteiger charge is 2.36. The highest BCUT2D eigenvalue weighted by molar-refractivity contribution is 6.21. The third-order valence-corrected chi connectivity index (χ3v) is 4.18. The number of amides is 2. The zero-order valence-electron chi connectivity index (χ0n) is 13.9. The zero-order chi connectivity index (χ0) is 17.6. The molecule has 0 aromatic heterocycles. The summed E-state index contributed by atoms with van der Waals surface area (Å²) in [7, 11) is 0. The van der Waals surface area contributed by atoms with Crippen molar-refractivity contribution in [2.75, 3.05) is 13.2 Å². The van der Waals surface area contributed by atoms with E-state index in [1.807, 2.05) is 30.3 Å². The Bertz CT molecular complexity index is 713. The summed E-state index contributed by atoms with van der Waals surface area (Å²) in [6, 6.07) is 16.4. The second-order valence-electron chi connectivity index (χ2n) is 6.04. The van der Waals surface area contributed by atoms with Crippen molar-refractivity contribution in [3.63, 3.8) is 0 Å². The minimum absolute atomic E-state index is 0.203. The van der Waals surface area contributed by atoms with Crippen molar-refractivity contribution in [3.8, 4) is 0 Å². The highest BCUT2D eigenvalue weighted by atomic mass is 19.1. The van der Waals surface area contributed by atoms with Crippen LogP contribution in [0, 0.1) is 0 Å². The molecule has 2 aromatic carbocycles. The fourth-order valence-corrected chi connectivity index (χ4v) is 2.87. The van der Waals surface area contributed by atoms with Crippen molar-refractivity contribution >= 4 is 11.8 Å². The molecule has 2 aromatic rings. The lowest BCUT2D eigenvalue weighted by Gasteiger charge is -2.17. The molecule has 0 saturated heterocycles. The summed E-state index contributed by atoms with van der Waals surface area (Å²) >= 11 is 0. The van der Waals surface area contributed by atoms with Crippen LogP contribution in [0.4, 0.5) is 4.39 Å². The van der Waals surface area contributed by atoms with Gasteiger partial charge in [-0.1, -0.05) is 42.5 Å². The normalized spacial score (nSPS) is 14.7. The summed E-state index contributed by atoms with van der Waals surface area (Å²) in [5.74, 6) is -0.827. The molecule has 1 aliphatic rings. The molecule has 130 valence electrons. The minimum Gasteiger partial charge on any atom is -0.377 e. The van der Waals surface area contributed by atoms with Crippen molar-refractivity contribution < 1.29 is 18.7 Å². The molecule has 3 rings (SSSR count). The lowest BCUT2D eigenvalue weighted by Crippen LogP contribution is -2.35. The van der Waals surface area contributed by atoms with Gasteiger partial charge in [-0.05, 0) is 30.5 Å². The van der Waals surface area contributed by atoms with Gasteiger partial charge in [-0.2, -0.15) is 0 Å².